The van der Waals surface area contributed by atoms with Gasteiger partial charge in [-0.3, -0.25) is 0 Å². The van der Waals surface area contributed by atoms with E-state index in [-0.39, 0.29) is 19.2 Å². The van der Waals surface area contributed by atoms with Crippen LogP contribution in [-0.2, 0) is 0 Å². The van der Waals surface area contributed by atoms with Crippen LogP contribution in [0, 0.1) is 6.92 Å². The quantitative estimate of drug-likeness (QED) is 0.794. The molecule has 0 aromatic heterocycles. The minimum absolute atomic E-state index is 0.0704. The minimum atomic E-state index is -0.310. The second kappa shape index (κ2) is 7.71. The van der Waals surface area contributed by atoms with Crippen LogP contribution in [0.2, 0.25) is 0 Å². The van der Waals surface area contributed by atoms with Crippen LogP contribution in [0.4, 0.5) is 10.5 Å². The number of aliphatic hydroxyl groups is 1. The molecule has 0 heterocycles. The van der Waals surface area contributed by atoms with E-state index in [1.165, 1.54) is 4.90 Å². The fourth-order valence-electron chi connectivity index (χ4n) is 1.80. The summed E-state index contributed by atoms with van der Waals surface area (Å²) in [6, 6.07) is 15.7. The first-order valence-corrected chi connectivity index (χ1v) is 7.50. The zero-order chi connectivity index (χ0) is 15.1. The van der Waals surface area contributed by atoms with E-state index >= 15 is 0 Å². The van der Waals surface area contributed by atoms with Gasteiger partial charge in [0.2, 0.25) is 0 Å². The molecule has 5 heteroatoms. The second-order valence-electron chi connectivity index (χ2n) is 4.50. The predicted molar refractivity (Wildman–Crippen MR) is 85.9 cm³/mol. The Morgan fingerprint density at radius 3 is 2.57 bits per heavy atom. The van der Waals surface area contributed by atoms with Crippen molar-refractivity contribution in [3.8, 4) is 0 Å². The monoisotopic (exact) mass is 302 g/mol. The number of nitrogens with one attached hydrogen (secondary N) is 2. The van der Waals surface area contributed by atoms with Crippen molar-refractivity contribution in [2.75, 3.05) is 18.5 Å². The van der Waals surface area contributed by atoms with Crippen molar-refractivity contribution in [3.63, 3.8) is 0 Å². The molecule has 3 N–H and O–H groups in total. The van der Waals surface area contributed by atoms with Gasteiger partial charge in [-0.2, -0.15) is 0 Å². The lowest BCUT2D eigenvalue weighted by Gasteiger charge is -2.10. The van der Waals surface area contributed by atoms with Crippen molar-refractivity contribution in [3.05, 3.63) is 54.1 Å². The van der Waals surface area contributed by atoms with Gasteiger partial charge in [0.05, 0.1) is 6.61 Å². The van der Waals surface area contributed by atoms with Gasteiger partial charge in [0.1, 0.15) is 0 Å². The number of benzene rings is 2. The molecular formula is C16H18N2O2S. The fourth-order valence-corrected chi connectivity index (χ4v) is 2.74. The van der Waals surface area contributed by atoms with E-state index in [0.29, 0.717) is 0 Å². The lowest BCUT2D eigenvalue weighted by molar-refractivity contribution is 0.245. The largest absolute Gasteiger partial charge is 0.395 e. The average Bonchev–Trinajstić information content (AvgIpc) is 2.49. The summed E-state index contributed by atoms with van der Waals surface area (Å²) in [5, 5.41) is 14.0. The number of urea groups is 1. The van der Waals surface area contributed by atoms with Gasteiger partial charge in [0, 0.05) is 22.0 Å². The van der Waals surface area contributed by atoms with Crippen LogP contribution in [-0.4, -0.2) is 24.3 Å². The van der Waals surface area contributed by atoms with E-state index in [0.717, 1.165) is 16.1 Å². The molecule has 4 nitrogen and oxygen atoms in total. The van der Waals surface area contributed by atoms with Crippen molar-refractivity contribution >= 4 is 23.5 Å². The van der Waals surface area contributed by atoms with Crippen molar-refractivity contribution in [2.45, 2.75) is 16.7 Å². The molecule has 2 aromatic rings. The third-order valence-corrected chi connectivity index (χ3v) is 3.82. The summed E-state index contributed by atoms with van der Waals surface area (Å²) in [7, 11) is 0. The average molecular weight is 302 g/mol. The van der Waals surface area contributed by atoms with E-state index in [2.05, 4.69) is 22.8 Å². The Bertz CT molecular complexity index is 602. The molecule has 0 spiro atoms. The van der Waals surface area contributed by atoms with E-state index in [1.807, 2.05) is 43.3 Å². The Hall–Kier alpha value is -1.98. The maximum Gasteiger partial charge on any atom is 0.319 e. The van der Waals surface area contributed by atoms with Gasteiger partial charge >= 0.3 is 6.03 Å². The zero-order valence-electron chi connectivity index (χ0n) is 11.8. The van der Waals surface area contributed by atoms with Crippen LogP contribution < -0.4 is 10.6 Å². The number of hydrogen-bond donors (Lipinski definition) is 3. The molecule has 0 bridgehead atoms. The topological polar surface area (TPSA) is 61.4 Å². The number of anilines is 1. The zero-order valence-corrected chi connectivity index (χ0v) is 12.6. The van der Waals surface area contributed by atoms with Gasteiger partial charge in [0.15, 0.2) is 0 Å². The minimum Gasteiger partial charge on any atom is -0.395 e. The molecule has 0 aliphatic rings. The molecular weight excluding hydrogens is 284 g/mol. The van der Waals surface area contributed by atoms with Crippen LogP contribution in [0.25, 0.3) is 0 Å². The van der Waals surface area contributed by atoms with Crippen LogP contribution in [0.1, 0.15) is 5.56 Å². The van der Waals surface area contributed by atoms with Crippen LogP contribution >= 0.6 is 11.8 Å². The second-order valence-corrected chi connectivity index (χ2v) is 5.64. The summed E-state index contributed by atoms with van der Waals surface area (Å²) >= 11 is 1.68. The number of hydrogen-bond acceptors (Lipinski definition) is 3. The lowest BCUT2D eigenvalue weighted by Crippen LogP contribution is -2.31. The molecule has 0 aliphatic carbocycles. The molecule has 0 saturated heterocycles. The van der Waals surface area contributed by atoms with Crippen molar-refractivity contribution < 1.29 is 9.90 Å². The molecule has 0 fully saturated rings. The molecule has 0 aliphatic heterocycles. The van der Waals surface area contributed by atoms with Gasteiger partial charge in [-0.15, -0.1) is 0 Å². The maximum absolute atomic E-state index is 11.6. The molecule has 2 amide bonds. The summed E-state index contributed by atoms with van der Waals surface area (Å²) in [4.78, 5) is 13.9. The Morgan fingerprint density at radius 2 is 1.90 bits per heavy atom. The molecule has 0 atom stereocenters. The molecule has 0 saturated carbocycles. The van der Waals surface area contributed by atoms with E-state index in [1.54, 1.807) is 11.8 Å². The molecule has 2 aromatic carbocycles. The molecule has 21 heavy (non-hydrogen) atoms. The summed E-state index contributed by atoms with van der Waals surface area (Å²) in [6.07, 6.45) is 0. The van der Waals surface area contributed by atoms with Gasteiger partial charge in [-0.05, 0) is 42.8 Å². The third-order valence-electron chi connectivity index (χ3n) is 2.82. The van der Waals surface area contributed by atoms with Gasteiger partial charge < -0.3 is 15.7 Å². The van der Waals surface area contributed by atoms with Crippen molar-refractivity contribution in [2.24, 2.45) is 0 Å². The van der Waals surface area contributed by atoms with Crippen molar-refractivity contribution in [1.82, 2.24) is 5.32 Å². The fraction of sp³-hybridized carbons (Fsp3) is 0.188. The number of carbonyl (C=O) groups excluding carboxylic acids is 1. The van der Waals surface area contributed by atoms with Gasteiger partial charge in [0.25, 0.3) is 0 Å². The van der Waals surface area contributed by atoms with Gasteiger partial charge in [-0.25, -0.2) is 4.79 Å². The standard InChI is InChI=1S/C16H18N2O2S/c1-12-11-14(21-13-5-3-2-4-6-13)7-8-15(12)18-16(20)17-9-10-19/h2-8,11,19H,9-10H2,1H3,(H2,17,18,20). The van der Waals surface area contributed by atoms with Crippen molar-refractivity contribution in [1.29, 1.82) is 0 Å². The number of amides is 2. The van der Waals surface area contributed by atoms with E-state index in [9.17, 15) is 4.79 Å². The van der Waals surface area contributed by atoms with E-state index < -0.39 is 0 Å². The van der Waals surface area contributed by atoms with Crippen LogP contribution in [0.3, 0.4) is 0 Å². The lowest BCUT2D eigenvalue weighted by atomic mass is 10.2. The maximum atomic E-state index is 11.6. The first kappa shape index (κ1) is 15.4. The summed E-state index contributed by atoms with van der Waals surface area (Å²) < 4.78 is 0. The first-order chi connectivity index (χ1) is 10.2. The summed E-state index contributed by atoms with van der Waals surface area (Å²) in [5.41, 5.74) is 1.76. The summed E-state index contributed by atoms with van der Waals surface area (Å²) in [6.45, 7) is 2.13. The van der Waals surface area contributed by atoms with E-state index in [4.69, 9.17) is 5.11 Å². The number of aryl methyl sites for hydroxylation is 1. The Balaban J connectivity index is 2.02. The first-order valence-electron chi connectivity index (χ1n) is 6.68. The summed E-state index contributed by atoms with van der Waals surface area (Å²) in [5.74, 6) is 0. The molecule has 0 radical (unpaired) electrons. The van der Waals surface area contributed by atoms with Crippen LogP contribution in [0.15, 0.2) is 58.3 Å². The highest BCUT2D eigenvalue weighted by Crippen LogP contribution is 2.30. The highest BCUT2D eigenvalue weighted by Gasteiger charge is 2.05. The molecule has 110 valence electrons. The Kier molecular flexibility index (Phi) is 5.66. The Morgan fingerprint density at radius 1 is 1.14 bits per heavy atom. The highest BCUT2D eigenvalue weighted by atomic mass is 32.2. The molecule has 2 rings (SSSR count). The number of rotatable bonds is 5. The SMILES string of the molecule is Cc1cc(Sc2ccccc2)ccc1NC(=O)NCCO. The Labute approximate surface area is 128 Å². The number of aliphatic hydroxyl groups excluding tert-OH is 1. The highest BCUT2D eigenvalue weighted by molar-refractivity contribution is 7.99. The smallest absolute Gasteiger partial charge is 0.319 e. The number of carbonyl (C=O) groups is 1. The normalized spacial score (nSPS) is 10.2. The van der Waals surface area contributed by atoms with Crippen LogP contribution in [0.5, 0.6) is 0 Å². The van der Waals surface area contributed by atoms with Gasteiger partial charge in [-0.1, -0.05) is 30.0 Å². The molecule has 0 unspecified atom stereocenters. The third kappa shape index (κ3) is 4.81. The predicted octanol–water partition coefficient (Wildman–Crippen LogP) is 3.26.